The molecule has 0 saturated carbocycles. The van der Waals surface area contributed by atoms with Gasteiger partial charge in [-0.15, -0.1) is 0 Å². The third-order valence-electron chi connectivity index (χ3n) is 3.56. The van der Waals surface area contributed by atoms with Gasteiger partial charge in [0.15, 0.2) is 0 Å². The van der Waals surface area contributed by atoms with E-state index in [9.17, 15) is 4.79 Å². The van der Waals surface area contributed by atoms with Gasteiger partial charge in [0.05, 0.1) is 0 Å². The summed E-state index contributed by atoms with van der Waals surface area (Å²) in [4.78, 5) is 13.5. The van der Waals surface area contributed by atoms with Crippen molar-refractivity contribution in [2.45, 2.75) is 26.6 Å². The number of carbonyl (C=O) groups is 1. The molecule has 1 aliphatic heterocycles. The molecule has 1 heterocycles. The molecule has 20 heavy (non-hydrogen) atoms. The Morgan fingerprint density at radius 1 is 1.10 bits per heavy atom. The summed E-state index contributed by atoms with van der Waals surface area (Å²) >= 11 is 0. The summed E-state index contributed by atoms with van der Waals surface area (Å²) in [5.74, 6) is -0.0240. The lowest BCUT2D eigenvalue weighted by atomic mass is 10.1. The number of hydrogen-bond acceptors (Lipinski definition) is 2. The van der Waals surface area contributed by atoms with Crippen molar-refractivity contribution in [3.05, 3.63) is 65.2 Å². The second-order valence-electron chi connectivity index (χ2n) is 5.30. The van der Waals surface area contributed by atoms with Crippen LogP contribution in [0.2, 0.25) is 0 Å². The second kappa shape index (κ2) is 5.47. The van der Waals surface area contributed by atoms with Crippen LogP contribution in [-0.2, 0) is 24.4 Å². The van der Waals surface area contributed by atoms with Gasteiger partial charge in [-0.1, -0.05) is 36.4 Å². The van der Waals surface area contributed by atoms with Gasteiger partial charge in [-0.3, -0.25) is 9.69 Å². The van der Waals surface area contributed by atoms with E-state index in [0.29, 0.717) is 0 Å². The van der Waals surface area contributed by atoms with Crippen molar-refractivity contribution in [2.75, 3.05) is 5.32 Å². The number of fused-ring (bicyclic) bond motifs is 1. The third-order valence-corrected chi connectivity index (χ3v) is 3.56. The van der Waals surface area contributed by atoms with Crippen molar-refractivity contribution in [2.24, 2.45) is 0 Å². The molecule has 3 nitrogen and oxygen atoms in total. The van der Waals surface area contributed by atoms with Crippen LogP contribution in [0.5, 0.6) is 0 Å². The predicted octanol–water partition coefficient (Wildman–Crippen LogP) is 3.16. The fraction of sp³-hybridized carbons (Fsp3) is 0.235. The summed E-state index contributed by atoms with van der Waals surface area (Å²) in [6.45, 7) is 4.42. The lowest BCUT2D eigenvalue weighted by Gasteiger charge is -2.14. The van der Waals surface area contributed by atoms with Crippen LogP contribution in [0.15, 0.2) is 48.5 Å². The summed E-state index contributed by atoms with van der Waals surface area (Å²) < 4.78 is 0. The molecular formula is C17H18N2O. The van der Waals surface area contributed by atoms with Crippen LogP contribution in [0.4, 0.5) is 5.69 Å². The molecule has 2 aromatic carbocycles. The van der Waals surface area contributed by atoms with Crippen LogP contribution in [0.1, 0.15) is 23.6 Å². The Morgan fingerprint density at radius 3 is 2.60 bits per heavy atom. The molecule has 1 aliphatic rings. The monoisotopic (exact) mass is 266 g/mol. The van der Waals surface area contributed by atoms with Gasteiger partial charge >= 0.3 is 0 Å². The first kappa shape index (κ1) is 12.9. The van der Waals surface area contributed by atoms with Crippen LogP contribution >= 0.6 is 0 Å². The number of rotatable bonds is 3. The van der Waals surface area contributed by atoms with Crippen molar-refractivity contribution in [1.82, 2.24) is 4.90 Å². The Kier molecular flexibility index (Phi) is 3.52. The van der Waals surface area contributed by atoms with Gasteiger partial charge in [0.25, 0.3) is 0 Å². The first-order chi connectivity index (χ1) is 9.70. The van der Waals surface area contributed by atoms with Gasteiger partial charge in [0.1, 0.15) is 0 Å². The molecular weight excluding hydrogens is 248 g/mol. The molecule has 0 atom stereocenters. The Morgan fingerprint density at radius 2 is 1.85 bits per heavy atom. The van der Waals surface area contributed by atoms with Crippen molar-refractivity contribution >= 4 is 11.6 Å². The van der Waals surface area contributed by atoms with Crippen LogP contribution in [0.3, 0.4) is 0 Å². The first-order valence-corrected chi connectivity index (χ1v) is 6.86. The summed E-state index contributed by atoms with van der Waals surface area (Å²) in [5.41, 5.74) is 4.89. The quantitative estimate of drug-likeness (QED) is 0.925. The van der Waals surface area contributed by atoms with Crippen molar-refractivity contribution < 1.29 is 4.79 Å². The van der Waals surface area contributed by atoms with E-state index < -0.39 is 0 Å². The molecule has 0 aromatic heterocycles. The van der Waals surface area contributed by atoms with Gasteiger partial charge in [0.2, 0.25) is 5.91 Å². The number of hydrogen-bond donors (Lipinski definition) is 1. The third kappa shape index (κ3) is 2.89. The van der Waals surface area contributed by atoms with Crippen molar-refractivity contribution in [1.29, 1.82) is 0 Å². The molecule has 0 saturated heterocycles. The van der Waals surface area contributed by atoms with Gasteiger partial charge < -0.3 is 5.32 Å². The summed E-state index contributed by atoms with van der Waals surface area (Å²) in [7, 11) is 0. The second-order valence-corrected chi connectivity index (χ2v) is 5.30. The van der Waals surface area contributed by atoms with E-state index in [-0.39, 0.29) is 5.91 Å². The molecule has 0 aliphatic carbocycles. The van der Waals surface area contributed by atoms with Crippen LogP contribution < -0.4 is 5.32 Å². The predicted molar refractivity (Wildman–Crippen MR) is 80.1 cm³/mol. The Balaban J connectivity index is 1.70. The standard InChI is InChI=1S/C17H18N2O/c1-13(20)18-17-8-7-15-11-19(12-16(15)9-17)10-14-5-3-2-4-6-14/h2-9H,10-12H2,1H3,(H,18,20). The minimum atomic E-state index is -0.0240. The summed E-state index contributed by atoms with van der Waals surface area (Å²) in [6.07, 6.45) is 0. The molecule has 2 aromatic rings. The smallest absolute Gasteiger partial charge is 0.221 e. The van der Waals surface area contributed by atoms with E-state index in [1.165, 1.54) is 23.6 Å². The van der Waals surface area contributed by atoms with E-state index in [2.05, 4.69) is 46.6 Å². The zero-order valence-corrected chi connectivity index (χ0v) is 11.6. The molecule has 3 rings (SSSR count). The molecule has 0 bridgehead atoms. The minimum Gasteiger partial charge on any atom is -0.326 e. The molecule has 3 heteroatoms. The van der Waals surface area contributed by atoms with Gasteiger partial charge in [-0.2, -0.15) is 0 Å². The maximum absolute atomic E-state index is 11.1. The molecule has 0 radical (unpaired) electrons. The van der Waals surface area contributed by atoms with E-state index >= 15 is 0 Å². The topological polar surface area (TPSA) is 32.3 Å². The number of nitrogens with one attached hydrogen (secondary N) is 1. The molecule has 102 valence electrons. The average molecular weight is 266 g/mol. The zero-order valence-electron chi connectivity index (χ0n) is 11.6. The maximum atomic E-state index is 11.1. The number of anilines is 1. The molecule has 1 amide bonds. The van der Waals surface area contributed by atoms with Gasteiger partial charge in [0, 0.05) is 32.2 Å². The van der Waals surface area contributed by atoms with E-state index in [0.717, 1.165) is 25.3 Å². The largest absolute Gasteiger partial charge is 0.326 e. The SMILES string of the molecule is CC(=O)Nc1ccc2c(c1)CN(Cc1ccccc1)C2. The van der Waals surface area contributed by atoms with E-state index in [4.69, 9.17) is 0 Å². The number of benzene rings is 2. The highest BCUT2D eigenvalue weighted by atomic mass is 16.1. The number of nitrogens with zero attached hydrogens (tertiary/aromatic N) is 1. The average Bonchev–Trinajstić information content (AvgIpc) is 2.80. The normalized spacial score (nSPS) is 14.1. The fourth-order valence-corrected chi connectivity index (χ4v) is 2.70. The van der Waals surface area contributed by atoms with Crippen molar-refractivity contribution in [3.8, 4) is 0 Å². The van der Waals surface area contributed by atoms with Gasteiger partial charge in [-0.25, -0.2) is 0 Å². The Bertz CT molecular complexity index is 622. The van der Waals surface area contributed by atoms with Crippen LogP contribution in [0.25, 0.3) is 0 Å². The summed E-state index contributed by atoms with van der Waals surface area (Å²) in [6, 6.07) is 16.7. The van der Waals surface area contributed by atoms with Crippen LogP contribution in [-0.4, -0.2) is 10.8 Å². The van der Waals surface area contributed by atoms with E-state index in [1.54, 1.807) is 0 Å². The van der Waals surface area contributed by atoms with Crippen molar-refractivity contribution in [3.63, 3.8) is 0 Å². The Labute approximate surface area is 119 Å². The minimum absolute atomic E-state index is 0.0240. The maximum Gasteiger partial charge on any atom is 0.221 e. The summed E-state index contributed by atoms with van der Waals surface area (Å²) in [5, 5.41) is 2.84. The molecule has 1 N–H and O–H groups in total. The fourth-order valence-electron chi connectivity index (χ4n) is 2.70. The lowest BCUT2D eigenvalue weighted by Crippen LogP contribution is -2.15. The highest BCUT2D eigenvalue weighted by Gasteiger charge is 2.19. The van der Waals surface area contributed by atoms with E-state index in [1.807, 2.05) is 12.1 Å². The van der Waals surface area contributed by atoms with Crippen LogP contribution in [0, 0.1) is 0 Å². The first-order valence-electron chi connectivity index (χ1n) is 6.86. The molecule has 0 unspecified atom stereocenters. The van der Waals surface area contributed by atoms with Gasteiger partial charge in [-0.05, 0) is 28.8 Å². The number of carbonyl (C=O) groups excluding carboxylic acids is 1. The lowest BCUT2D eigenvalue weighted by molar-refractivity contribution is -0.114. The zero-order chi connectivity index (χ0) is 13.9. The highest BCUT2D eigenvalue weighted by Crippen LogP contribution is 2.26. The molecule has 0 spiro atoms. The number of amides is 1. The Hall–Kier alpha value is -2.13. The molecule has 0 fully saturated rings. The highest BCUT2D eigenvalue weighted by molar-refractivity contribution is 5.88.